The number of hydrogen-bond donors (Lipinski definition) is 0. The Kier molecular flexibility index (Phi) is 5.34. The zero-order valence-corrected chi connectivity index (χ0v) is 15.1. The minimum atomic E-state index is -0.828. The van der Waals surface area contributed by atoms with Crippen LogP contribution in [0.2, 0.25) is 5.02 Å². The first kappa shape index (κ1) is 18.1. The molecule has 26 heavy (non-hydrogen) atoms. The summed E-state index contributed by atoms with van der Waals surface area (Å²) in [7, 11) is 0. The average Bonchev–Trinajstić information content (AvgIpc) is 3.16. The fourth-order valence-corrected chi connectivity index (χ4v) is 3.26. The van der Waals surface area contributed by atoms with Crippen LogP contribution in [0.3, 0.4) is 0 Å². The number of carbonyl (C=O) groups is 1. The minimum absolute atomic E-state index is 0.0935. The van der Waals surface area contributed by atoms with Gasteiger partial charge in [0.1, 0.15) is 5.69 Å². The van der Waals surface area contributed by atoms with Crippen LogP contribution in [0.15, 0.2) is 40.7 Å². The number of benzene rings is 2. The lowest BCUT2D eigenvalue weighted by molar-refractivity contribution is 0.101. The molecule has 1 fully saturated rings. The molecule has 0 N–H and O–H groups in total. The Labute approximate surface area is 156 Å². The molecular formula is C20H17ClFN3O. The number of carbonyl (C=O) groups excluding carboxylic acids is 1. The monoisotopic (exact) mass is 369 g/mol. The van der Waals surface area contributed by atoms with Crippen LogP contribution in [0.25, 0.3) is 11.1 Å². The molecule has 0 unspecified atom stereocenters. The quantitative estimate of drug-likeness (QED) is 0.410. The molecule has 6 heteroatoms. The van der Waals surface area contributed by atoms with E-state index in [1.807, 2.05) is 11.1 Å². The predicted octanol–water partition coefficient (Wildman–Crippen LogP) is 5.42. The average molecular weight is 370 g/mol. The summed E-state index contributed by atoms with van der Waals surface area (Å²) >= 11 is 6.12. The summed E-state index contributed by atoms with van der Waals surface area (Å²) in [5, 5.41) is 10.0. The molecule has 0 aromatic heterocycles. The molecule has 0 spiro atoms. The van der Waals surface area contributed by atoms with Crippen molar-refractivity contribution in [2.45, 2.75) is 19.8 Å². The molecule has 0 amide bonds. The van der Waals surface area contributed by atoms with Crippen molar-refractivity contribution in [2.75, 3.05) is 13.1 Å². The molecule has 0 atom stereocenters. The Morgan fingerprint density at radius 3 is 2.50 bits per heavy atom. The Morgan fingerprint density at radius 1 is 1.27 bits per heavy atom. The summed E-state index contributed by atoms with van der Waals surface area (Å²) in [5.74, 6) is 1.12. The van der Waals surface area contributed by atoms with Gasteiger partial charge in [-0.3, -0.25) is 9.80 Å². The topological polar surface area (TPSA) is 45.0 Å². The van der Waals surface area contributed by atoms with Gasteiger partial charge in [0.25, 0.3) is 0 Å². The first-order valence-electron chi connectivity index (χ1n) is 8.29. The van der Waals surface area contributed by atoms with Crippen molar-refractivity contribution in [2.24, 2.45) is 10.3 Å². The van der Waals surface area contributed by atoms with Crippen LogP contribution < -0.4 is 0 Å². The lowest BCUT2D eigenvalue weighted by atomic mass is 9.92. The third kappa shape index (κ3) is 3.33. The highest BCUT2D eigenvalue weighted by Crippen LogP contribution is 2.42. The van der Waals surface area contributed by atoms with E-state index in [1.54, 1.807) is 24.3 Å². The van der Waals surface area contributed by atoms with Crippen molar-refractivity contribution in [3.05, 3.63) is 52.3 Å². The van der Waals surface area contributed by atoms with Crippen molar-refractivity contribution >= 4 is 23.1 Å². The van der Waals surface area contributed by atoms with E-state index in [1.165, 1.54) is 6.92 Å². The summed E-state index contributed by atoms with van der Waals surface area (Å²) in [6, 6.07) is 8.96. The number of halogens is 2. The normalized spacial score (nSPS) is 14.0. The van der Waals surface area contributed by atoms with E-state index >= 15 is 0 Å². The molecule has 0 aliphatic carbocycles. The molecule has 2 aromatic rings. The largest absolute Gasteiger partial charge is 0.294 e. The maximum Gasteiger partial charge on any atom is 0.163 e. The third-order valence-electron chi connectivity index (χ3n) is 4.27. The lowest BCUT2D eigenvalue weighted by Crippen LogP contribution is -2.10. The van der Waals surface area contributed by atoms with Gasteiger partial charge >= 0.3 is 0 Å². The van der Waals surface area contributed by atoms with E-state index < -0.39 is 11.6 Å². The molecule has 2 aromatic carbocycles. The molecule has 0 radical (unpaired) electrons. The highest BCUT2D eigenvalue weighted by Gasteiger charge is 2.26. The van der Waals surface area contributed by atoms with Crippen molar-refractivity contribution in [3.63, 3.8) is 0 Å². The fraction of sp³-hybridized carbons (Fsp3) is 0.250. The highest BCUT2D eigenvalue weighted by molar-refractivity contribution is 6.33. The van der Waals surface area contributed by atoms with E-state index in [2.05, 4.69) is 16.3 Å². The third-order valence-corrected chi connectivity index (χ3v) is 4.62. The Bertz CT molecular complexity index is 913. The number of hydrogen-bond acceptors (Lipinski definition) is 3. The smallest absolute Gasteiger partial charge is 0.163 e. The molecule has 0 saturated carbocycles. The second kappa shape index (κ2) is 7.67. The van der Waals surface area contributed by atoms with Gasteiger partial charge in [0.05, 0.1) is 16.1 Å². The summed E-state index contributed by atoms with van der Waals surface area (Å²) in [6.45, 7) is 2.88. The van der Waals surface area contributed by atoms with Crippen LogP contribution in [0.5, 0.6) is 0 Å². The standard InChI is InChI=1S/C20H17ClFN3O/c1-3-15-18(21)19(22)16(13(2)26)17(14-9-5-4-6-10-14)20(15)23-24-25-11-7-8-12-25/h1,4-6,9-10H,7-8,11-12H2,2H3/b24-23+. The number of ketones is 1. The van der Waals surface area contributed by atoms with E-state index in [0.717, 1.165) is 25.9 Å². The van der Waals surface area contributed by atoms with Crippen molar-refractivity contribution in [3.8, 4) is 23.5 Å². The van der Waals surface area contributed by atoms with Gasteiger partial charge in [0, 0.05) is 18.7 Å². The molecule has 3 rings (SSSR count). The van der Waals surface area contributed by atoms with Gasteiger partial charge < -0.3 is 0 Å². The molecule has 1 aliphatic heterocycles. The Hall–Kier alpha value is -2.71. The van der Waals surface area contributed by atoms with Crippen LogP contribution in [-0.2, 0) is 0 Å². The van der Waals surface area contributed by atoms with Crippen LogP contribution in [0, 0.1) is 18.2 Å². The summed E-state index contributed by atoms with van der Waals surface area (Å²) in [6.07, 6.45) is 7.65. The van der Waals surface area contributed by atoms with Crippen molar-refractivity contribution in [1.82, 2.24) is 5.01 Å². The van der Waals surface area contributed by atoms with Gasteiger partial charge in [0.15, 0.2) is 11.6 Å². The maximum absolute atomic E-state index is 14.8. The first-order chi connectivity index (χ1) is 12.5. The van der Waals surface area contributed by atoms with Crippen LogP contribution in [-0.4, -0.2) is 23.9 Å². The Balaban J connectivity index is 2.31. The van der Waals surface area contributed by atoms with Crippen LogP contribution >= 0.6 is 11.6 Å². The fourth-order valence-electron chi connectivity index (χ4n) is 3.02. The van der Waals surface area contributed by atoms with Gasteiger partial charge in [-0.25, -0.2) is 4.39 Å². The number of nitrogens with zero attached hydrogens (tertiary/aromatic N) is 3. The zero-order chi connectivity index (χ0) is 18.7. The van der Waals surface area contributed by atoms with E-state index in [4.69, 9.17) is 18.0 Å². The molecule has 1 aliphatic rings. The van der Waals surface area contributed by atoms with E-state index in [9.17, 15) is 9.18 Å². The summed E-state index contributed by atoms with van der Waals surface area (Å²) in [5.41, 5.74) is 1.14. The number of rotatable bonds is 4. The van der Waals surface area contributed by atoms with Gasteiger partial charge in [-0.15, -0.1) is 11.5 Å². The predicted molar refractivity (Wildman–Crippen MR) is 100 cm³/mol. The van der Waals surface area contributed by atoms with Crippen LogP contribution in [0.4, 0.5) is 10.1 Å². The second-order valence-corrected chi connectivity index (χ2v) is 6.40. The number of Topliss-reactive ketones (excluding diaryl/α,β-unsaturated/α-hetero) is 1. The molecule has 0 bridgehead atoms. The van der Waals surface area contributed by atoms with Gasteiger partial charge in [-0.2, -0.15) is 0 Å². The van der Waals surface area contributed by atoms with Gasteiger partial charge in [0.2, 0.25) is 0 Å². The molecular weight excluding hydrogens is 353 g/mol. The summed E-state index contributed by atoms with van der Waals surface area (Å²) in [4.78, 5) is 12.2. The van der Waals surface area contributed by atoms with Crippen LogP contribution in [0.1, 0.15) is 35.7 Å². The molecule has 132 valence electrons. The lowest BCUT2D eigenvalue weighted by Gasteiger charge is -2.16. The van der Waals surface area contributed by atoms with Crippen molar-refractivity contribution < 1.29 is 9.18 Å². The minimum Gasteiger partial charge on any atom is -0.294 e. The maximum atomic E-state index is 14.8. The van der Waals surface area contributed by atoms with E-state index in [0.29, 0.717) is 11.1 Å². The van der Waals surface area contributed by atoms with Crippen molar-refractivity contribution in [1.29, 1.82) is 0 Å². The Morgan fingerprint density at radius 2 is 1.92 bits per heavy atom. The molecule has 1 heterocycles. The highest BCUT2D eigenvalue weighted by atomic mass is 35.5. The first-order valence-corrected chi connectivity index (χ1v) is 8.67. The summed E-state index contributed by atoms with van der Waals surface area (Å²) < 4.78 is 14.8. The van der Waals surface area contributed by atoms with E-state index in [-0.39, 0.29) is 21.8 Å². The SMILES string of the molecule is C#Cc1c(Cl)c(F)c(C(C)=O)c(-c2ccccc2)c1/N=N/N1CCCC1. The second-order valence-electron chi connectivity index (χ2n) is 6.02. The molecule has 4 nitrogen and oxygen atoms in total. The van der Waals surface area contributed by atoms with Gasteiger partial charge in [-0.1, -0.05) is 53.1 Å². The molecule has 1 saturated heterocycles. The number of terminal acetylenes is 1. The van der Waals surface area contributed by atoms with Gasteiger partial charge in [-0.05, 0) is 25.3 Å². The zero-order valence-electron chi connectivity index (χ0n) is 14.3.